The number of carbonyl (C=O) groups is 1. The lowest BCUT2D eigenvalue weighted by atomic mass is 10.3. The van der Waals surface area contributed by atoms with E-state index >= 15 is 0 Å². The zero-order chi connectivity index (χ0) is 13.5. The minimum Gasteiger partial charge on any atom is -0.468 e. The van der Waals surface area contributed by atoms with E-state index in [0.717, 1.165) is 4.31 Å². The van der Waals surface area contributed by atoms with Crippen LogP contribution in [0.3, 0.4) is 0 Å². The van der Waals surface area contributed by atoms with Crippen LogP contribution in [0.4, 0.5) is 0 Å². The molecule has 1 unspecified atom stereocenters. The third-order valence-corrected chi connectivity index (χ3v) is 4.77. The molecule has 7 heteroatoms. The molecule has 0 spiro atoms. The predicted molar refractivity (Wildman–Crippen MR) is 67.6 cm³/mol. The smallest absolute Gasteiger partial charge is 0.321 e. The number of methoxy groups -OCH3 is 1. The first-order valence-corrected chi connectivity index (χ1v) is 7.62. The summed E-state index contributed by atoms with van der Waals surface area (Å²) in [5.41, 5.74) is 0. The summed E-state index contributed by atoms with van der Waals surface area (Å²) in [7, 11) is -2.22. The Morgan fingerprint density at radius 2 is 2.06 bits per heavy atom. The fraction of sp³-hybridized carbons (Fsp3) is 0.900. The van der Waals surface area contributed by atoms with Gasteiger partial charge in [-0.1, -0.05) is 13.8 Å². The van der Waals surface area contributed by atoms with Crippen molar-refractivity contribution in [2.45, 2.75) is 20.3 Å². The molecule has 0 fully saturated rings. The van der Waals surface area contributed by atoms with E-state index in [1.165, 1.54) is 7.11 Å². The van der Waals surface area contributed by atoms with Crippen molar-refractivity contribution < 1.29 is 17.9 Å². The summed E-state index contributed by atoms with van der Waals surface area (Å²) in [6.45, 7) is 3.69. The van der Waals surface area contributed by atoms with Crippen LogP contribution >= 0.6 is 11.6 Å². The Hall–Kier alpha value is -0.330. The van der Waals surface area contributed by atoms with Crippen molar-refractivity contribution in [3.8, 4) is 0 Å². The van der Waals surface area contributed by atoms with Gasteiger partial charge >= 0.3 is 5.97 Å². The number of sulfonamides is 1. The zero-order valence-electron chi connectivity index (χ0n) is 10.5. The average molecular weight is 286 g/mol. The van der Waals surface area contributed by atoms with Crippen LogP contribution in [-0.4, -0.2) is 50.5 Å². The summed E-state index contributed by atoms with van der Waals surface area (Å²) in [5, 5.41) is 0. The number of hydrogen-bond acceptors (Lipinski definition) is 4. The van der Waals surface area contributed by atoms with E-state index in [0.29, 0.717) is 13.0 Å². The Kier molecular flexibility index (Phi) is 7.74. The maximum absolute atomic E-state index is 12.0. The number of nitrogens with zero attached hydrogens (tertiary/aromatic N) is 1. The van der Waals surface area contributed by atoms with E-state index in [1.807, 2.05) is 6.92 Å². The third kappa shape index (κ3) is 6.24. The van der Waals surface area contributed by atoms with Crippen molar-refractivity contribution in [2.24, 2.45) is 5.92 Å². The SMILES string of the molecule is CCCN(CC(=O)OC)S(=O)(=O)CC(C)CCl. The lowest BCUT2D eigenvalue weighted by Crippen LogP contribution is -2.39. The third-order valence-electron chi connectivity index (χ3n) is 2.16. The molecule has 0 bridgehead atoms. The second-order valence-electron chi connectivity index (χ2n) is 3.95. The average Bonchev–Trinajstić information content (AvgIpc) is 2.27. The van der Waals surface area contributed by atoms with E-state index in [4.69, 9.17) is 11.6 Å². The van der Waals surface area contributed by atoms with Gasteiger partial charge in [-0.15, -0.1) is 11.6 Å². The van der Waals surface area contributed by atoms with Crippen LogP contribution in [-0.2, 0) is 19.6 Å². The van der Waals surface area contributed by atoms with Crippen LogP contribution in [0.5, 0.6) is 0 Å². The number of esters is 1. The van der Waals surface area contributed by atoms with Gasteiger partial charge in [0.25, 0.3) is 0 Å². The maximum atomic E-state index is 12.0. The Balaban J connectivity index is 4.72. The summed E-state index contributed by atoms with van der Waals surface area (Å²) in [4.78, 5) is 11.1. The van der Waals surface area contributed by atoms with E-state index in [9.17, 15) is 13.2 Å². The molecular weight excluding hydrogens is 266 g/mol. The van der Waals surface area contributed by atoms with Gasteiger partial charge in [0.1, 0.15) is 6.54 Å². The van der Waals surface area contributed by atoms with Gasteiger partial charge in [0, 0.05) is 12.4 Å². The van der Waals surface area contributed by atoms with Crippen molar-refractivity contribution >= 4 is 27.6 Å². The molecule has 1 atom stereocenters. The monoisotopic (exact) mass is 285 g/mol. The summed E-state index contributed by atoms with van der Waals surface area (Å²) in [5.74, 6) is -0.468. The molecule has 0 rings (SSSR count). The number of ether oxygens (including phenoxy) is 1. The van der Waals surface area contributed by atoms with Crippen LogP contribution in [0.2, 0.25) is 0 Å². The minimum absolute atomic E-state index is 0.0481. The van der Waals surface area contributed by atoms with E-state index in [-0.39, 0.29) is 24.1 Å². The molecule has 17 heavy (non-hydrogen) atoms. The molecule has 0 aromatic rings. The highest BCUT2D eigenvalue weighted by Gasteiger charge is 2.25. The summed E-state index contributed by atoms with van der Waals surface area (Å²) in [6.07, 6.45) is 0.644. The second kappa shape index (κ2) is 7.89. The van der Waals surface area contributed by atoms with Gasteiger partial charge in [0.15, 0.2) is 0 Å². The minimum atomic E-state index is -3.45. The Morgan fingerprint density at radius 3 is 2.47 bits per heavy atom. The first-order valence-electron chi connectivity index (χ1n) is 5.48. The summed E-state index contributed by atoms with van der Waals surface area (Å²) in [6, 6.07) is 0. The fourth-order valence-corrected chi connectivity index (χ4v) is 3.33. The molecule has 0 aromatic carbocycles. The number of carbonyl (C=O) groups excluding carboxylic acids is 1. The molecular formula is C10H20ClNO4S. The van der Waals surface area contributed by atoms with Gasteiger partial charge in [0.05, 0.1) is 12.9 Å². The van der Waals surface area contributed by atoms with Crippen molar-refractivity contribution in [1.82, 2.24) is 4.31 Å². The quantitative estimate of drug-likeness (QED) is 0.494. The highest BCUT2D eigenvalue weighted by atomic mass is 35.5. The van der Waals surface area contributed by atoms with Gasteiger partial charge in [-0.05, 0) is 12.3 Å². The van der Waals surface area contributed by atoms with E-state index < -0.39 is 16.0 Å². The number of halogens is 1. The molecule has 0 amide bonds. The van der Waals surface area contributed by atoms with Crippen molar-refractivity contribution in [1.29, 1.82) is 0 Å². The molecule has 102 valence electrons. The van der Waals surface area contributed by atoms with Crippen LogP contribution < -0.4 is 0 Å². The topological polar surface area (TPSA) is 63.7 Å². The van der Waals surface area contributed by atoms with Crippen LogP contribution in [0.1, 0.15) is 20.3 Å². The first-order chi connectivity index (χ1) is 7.87. The largest absolute Gasteiger partial charge is 0.468 e. The van der Waals surface area contributed by atoms with Crippen molar-refractivity contribution in [3.63, 3.8) is 0 Å². The van der Waals surface area contributed by atoms with Gasteiger partial charge in [-0.25, -0.2) is 8.42 Å². The summed E-state index contributed by atoms with van der Waals surface area (Å²) >= 11 is 5.60. The van der Waals surface area contributed by atoms with Gasteiger partial charge in [-0.3, -0.25) is 4.79 Å². The molecule has 0 saturated heterocycles. The molecule has 0 heterocycles. The highest BCUT2D eigenvalue weighted by molar-refractivity contribution is 7.89. The second-order valence-corrected chi connectivity index (χ2v) is 6.27. The standard InChI is InChI=1S/C10H20ClNO4S/c1-4-5-12(7-10(13)16-3)17(14,15)8-9(2)6-11/h9H,4-8H2,1-3H3. The van der Waals surface area contributed by atoms with Crippen LogP contribution in [0.15, 0.2) is 0 Å². The number of rotatable bonds is 8. The Bertz CT molecular complexity index is 331. The highest BCUT2D eigenvalue weighted by Crippen LogP contribution is 2.10. The van der Waals surface area contributed by atoms with Gasteiger partial charge in [0.2, 0.25) is 10.0 Å². The molecule has 0 aliphatic carbocycles. The van der Waals surface area contributed by atoms with Gasteiger partial charge < -0.3 is 4.74 Å². The number of alkyl halides is 1. The first kappa shape index (κ1) is 16.7. The van der Waals surface area contributed by atoms with E-state index in [2.05, 4.69) is 4.74 Å². The molecule has 0 aliphatic heterocycles. The molecule has 5 nitrogen and oxygen atoms in total. The Labute approximate surface area is 108 Å². The van der Waals surface area contributed by atoms with Crippen LogP contribution in [0.25, 0.3) is 0 Å². The van der Waals surface area contributed by atoms with E-state index in [1.54, 1.807) is 6.92 Å². The van der Waals surface area contributed by atoms with Crippen molar-refractivity contribution in [3.05, 3.63) is 0 Å². The normalized spacial score (nSPS) is 13.7. The molecule has 0 N–H and O–H groups in total. The number of hydrogen-bond donors (Lipinski definition) is 0. The zero-order valence-corrected chi connectivity index (χ0v) is 12.1. The molecule has 0 radical (unpaired) electrons. The Morgan fingerprint density at radius 1 is 1.47 bits per heavy atom. The molecule has 0 aromatic heterocycles. The fourth-order valence-electron chi connectivity index (χ4n) is 1.28. The summed E-state index contributed by atoms with van der Waals surface area (Å²) < 4.78 is 29.6. The van der Waals surface area contributed by atoms with Crippen LogP contribution in [0, 0.1) is 5.92 Å². The maximum Gasteiger partial charge on any atom is 0.321 e. The molecule has 0 aliphatic rings. The predicted octanol–water partition coefficient (Wildman–Crippen LogP) is 1.08. The van der Waals surface area contributed by atoms with Crippen molar-refractivity contribution in [2.75, 3.05) is 31.8 Å². The lowest BCUT2D eigenvalue weighted by molar-refractivity contribution is -0.140. The molecule has 0 saturated carbocycles. The van der Waals surface area contributed by atoms with Gasteiger partial charge in [-0.2, -0.15) is 4.31 Å². The lowest BCUT2D eigenvalue weighted by Gasteiger charge is -2.21.